The summed E-state index contributed by atoms with van der Waals surface area (Å²) in [6, 6.07) is 3.42. The summed E-state index contributed by atoms with van der Waals surface area (Å²) in [5.74, 6) is -3.06. The quantitative estimate of drug-likeness (QED) is 0.458. The van der Waals surface area contributed by atoms with E-state index in [9.17, 15) is 14.0 Å². The number of carbonyl (C=O) groups excluding carboxylic acids is 2. The molecule has 0 aliphatic rings. The number of Topliss-reactive ketones (excluding diaryl/α,β-unsaturated/α-hetero) is 2. The molecule has 0 radical (unpaired) electrons. The number of halogens is 3. The van der Waals surface area contributed by atoms with E-state index in [2.05, 4.69) is 0 Å². The number of alkyl halides is 1. The molecule has 1 rings (SSSR count). The van der Waals surface area contributed by atoms with Gasteiger partial charge in [-0.05, 0) is 18.2 Å². The van der Waals surface area contributed by atoms with Crippen LogP contribution in [-0.4, -0.2) is 17.4 Å². The Morgan fingerprint density at radius 1 is 1.36 bits per heavy atom. The Bertz CT molecular complexity index is 390. The molecular formula is C9H5Cl2FO2. The fraction of sp³-hybridized carbons (Fsp3) is 0.111. The van der Waals surface area contributed by atoms with Gasteiger partial charge in [0.1, 0.15) is 5.82 Å². The molecule has 0 aromatic heterocycles. The van der Waals surface area contributed by atoms with Gasteiger partial charge in [-0.3, -0.25) is 9.59 Å². The fourth-order valence-corrected chi connectivity index (χ4v) is 1.18. The Morgan fingerprint density at radius 3 is 2.57 bits per heavy atom. The van der Waals surface area contributed by atoms with Crippen LogP contribution in [0.15, 0.2) is 18.2 Å². The normalized spacial score (nSPS) is 9.93. The van der Waals surface area contributed by atoms with Crippen molar-refractivity contribution < 1.29 is 14.0 Å². The molecule has 14 heavy (non-hydrogen) atoms. The zero-order valence-electron chi connectivity index (χ0n) is 6.89. The van der Waals surface area contributed by atoms with Crippen molar-refractivity contribution in [3.63, 3.8) is 0 Å². The smallest absolute Gasteiger partial charge is 0.232 e. The highest BCUT2D eigenvalue weighted by Crippen LogP contribution is 2.15. The standard InChI is InChI=1S/C9H5Cl2FO2/c10-4-8(13)9(14)6-3-5(11)1-2-7(6)12/h1-3H,4H2. The summed E-state index contributed by atoms with van der Waals surface area (Å²) in [6.07, 6.45) is 0. The van der Waals surface area contributed by atoms with E-state index in [1.54, 1.807) is 0 Å². The molecule has 0 atom stereocenters. The van der Waals surface area contributed by atoms with E-state index in [1.807, 2.05) is 0 Å². The maximum Gasteiger partial charge on any atom is 0.232 e. The lowest BCUT2D eigenvalue weighted by Gasteiger charge is -2.00. The van der Waals surface area contributed by atoms with Crippen LogP contribution >= 0.6 is 23.2 Å². The lowest BCUT2D eigenvalue weighted by molar-refractivity contribution is -0.112. The molecule has 1 aromatic rings. The van der Waals surface area contributed by atoms with Crippen LogP contribution in [0, 0.1) is 5.82 Å². The van der Waals surface area contributed by atoms with E-state index in [-0.39, 0.29) is 10.6 Å². The number of ketones is 2. The van der Waals surface area contributed by atoms with Crippen molar-refractivity contribution in [2.75, 3.05) is 5.88 Å². The van der Waals surface area contributed by atoms with E-state index < -0.39 is 23.3 Å². The summed E-state index contributed by atoms with van der Waals surface area (Å²) in [7, 11) is 0. The average molecular weight is 235 g/mol. The van der Waals surface area contributed by atoms with Crippen LogP contribution in [0.2, 0.25) is 5.02 Å². The first-order chi connectivity index (χ1) is 6.56. The van der Waals surface area contributed by atoms with Crippen molar-refractivity contribution >= 4 is 34.8 Å². The summed E-state index contributed by atoms with van der Waals surface area (Å²) < 4.78 is 13.0. The van der Waals surface area contributed by atoms with Crippen molar-refractivity contribution in [2.24, 2.45) is 0 Å². The molecule has 0 spiro atoms. The fourth-order valence-electron chi connectivity index (χ4n) is 0.882. The van der Waals surface area contributed by atoms with Gasteiger partial charge in [0.05, 0.1) is 11.4 Å². The Labute approximate surface area is 89.6 Å². The number of benzene rings is 1. The van der Waals surface area contributed by atoms with Crippen LogP contribution < -0.4 is 0 Å². The second-order valence-electron chi connectivity index (χ2n) is 2.51. The Balaban J connectivity index is 3.12. The number of hydrogen-bond acceptors (Lipinski definition) is 2. The molecule has 0 fully saturated rings. The van der Waals surface area contributed by atoms with Crippen molar-refractivity contribution in [1.82, 2.24) is 0 Å². The van der Waals surface area contributed by atoms with Crippen molar-refractivity contribution in [2.45, 2.75) is 0 Å². The monoisotopic (exact) mass is 234 g/mol. The molecule has 1 aromatic carbocycles. The van der Waals surface area contributed by atoms with Crippen molar-refractivity contribution in [3.8, 4) is 0 Å². The second-order valence-corrected chi connectivity index (χ2v) is 3.21. The van der Waals surface area contributed by atoms with E-state index in [4.69, 9.17) is 23.2 Å². The zero-order chi connectivity index (χ0) is 10.7. The highest BCUT2D eigenvalue weighted by atomic mass is 35.5. The molecule has 0 aliphatic carbocycles. The van der Waals surface area contributed by atoms with Gasteiger partial charge in [0.15, 0.2) is 0 Å². The Hall–Kier alpha value is -0.930. The summed E-state index contributed by atoms with van der Waals surface area (Å²) in [6.45, 7) is 0. The number of carbonyl (C=O) groups is 2. The molecule has 0 unspecified atom stereocenters. The first-order valence-electron chi connectivity index (χ1n) is 3.65. The lowest BCUT2D eigenvalue weighted by Crippen LogP contribution is -2.16. The van der Waals surface area contributed by atoms with Crippen molar-refractivity contribution in [1.29, 1.82) is 0 Å². The van der Waals surface area contributed by atoms with Crippen LogP contribution in [-0.2, 0) is 4.79 Å². The second kappa shape index (κ2) is 4.53. The van der Waals surface area contributed by atoms with Gasteiger partial charge in [-0.25, -0.2) is 4.39 Å². The molecular weight excluding hydrogens is 230 g/mol. The largest absolute Gasteiger partial charge is 0.289 e. The molecule has 0 saturated heterocycles. The maximum absolute atomic E-state index is 13.0. The van der Waals surface area contributed by atoms with Crippen LogP contribution in [0.3, 0.4) is 0 Å². The van der Waals surface area contributed by atoms with Gasteiger partial charge in [0.25, 0.3) is 0 Å². The first kappa shape index (κ1) is 11.1. The van der Waals surface area contributed by atoms with Crippen LogP contribution in [0.25, 0.3) is 0 Å². The van der Waals surface area contributed by atoms with Gasteiger partial charge >= 0.3 is 0 Å². The minimum atomic E-state index is -0.958. The molecule has 0 aliphatic heterocycles. The molecule has 5 heteroatoms. The van der Waals surface area contributed by atoms with E-state index >= 15 is 0 Å². The molecule has 74 valence electrons. The number of hydrogen-bond donors (Lipinski definition) is 0. The van der Waals surface area contributed by atoms with Gasteiger partial charge < -0.3 is 0 Å². The topological polar surface area (TPSA) is 34.1 Å². The third-order valence-corrected chi connectivity index (χ3v) is 2.03. The SMILES string of the molecule is O=C(CCl)C(=O)c1cc(Cl)ccc1F. The van der Waals surface area contributed by atoms with Gasteiger partial charge in [0.2, 0.25) is 11.6 Å². The minimum absolute atomic E-state index is 0.192. The molecule has 0 bridgehead atoms. The molecule has 2 nitrogen and oxygen atoms in total. The Morgan fingerprint density at radius 2 is 2.00 bits per heavy atom. The highest BCUT2D eigenvalue weighted by Gasteiger charge is 2.18. The van der Waals surface area contributed by atoms with E-state index in [0.717, 1.165) is 12.1 Å². The van der Waals surface area contributed by atoms with Crippen LogP contribution in [0.5, 0.6) is 0 Å². The molecule has 0 saturated carbocycles. The van der Waals surface area contributed by atoms with Gasteiger partial charge in [-0.2, -0.15) is 0 Å². The molecule has 0 N–H and O–H groups in total. The van der Waals surface area contributed by atoms with Crippen LogP contribution in [0.4, 0.5) is 4.39 Å². The Kier molecular flexibility index (Phi) is 3.61. The number of rotatable bonds is 3. The minimum Gasteiger partial charge on any atom is -0.289 e. The summed E-state index contributed by atoms with van der Waals surface area (Å²) >= 11 is 10.7. The maximum atomic E-state index is 13.0. The van der Waals surface area contributed by atoms with Crippen LogP contribution in [0.1, 0.15) is 10.4 Å². The third-order valence-electron chi connectivity index (χ3n) is 1.55. The summed E-state index contributed by atoms with van der Waals surface area (Å²) in [5, 5.41) is 0.192. The predicted octanol–water partition coefficient (Wildman–Crippen LogP) is 2.47. The third kappa shape index (κ3) is 2.30. The molecule has 0 heterocycles. The lowest BCUT2D eigenvalue weighted by atomic mass is 10.1. The average Bonchev–Trinajstić information content (AvgIpc) is 2.19. The van der Waals surface area contributed by atoms with Gasteiger partial charge in [-0.15, -0.1) is 11.6 Å². The van der Waals surface area contributed by atoms with Gasteiger partial charge in [-0.1, -0.05) is 11.6 Å². The summed E-state index contributed by atoms with van der Waals surface area (Å²) in [5.41, 5.74) is -0.344. The zero-order valence-corrected chi connectivity index (χ0v) is 8.40. The van der Waals surface area contributed by atoms with E-state index in [1.165, 1.54) is 6.07 Å². The van der Waals surface area contributed by atoms with E-state index in [0.29, 0.717) is 0 Å². The molecule has 0 amide bonds. The van der Waals surface area contributed by atoms with Crippen molar-refractivity contribution in [3.05, 3.63) is 34.6 Å². The summed E-state index contributed by atoms with van der Waals surface area (Å²) in [4.78, 5) is 22.1. The first-order valence-corrected chi connectivity index (χ1v) is 4.56. The van der Waals surface area contributed by atoms with Gasteiger partial charge in [0, 0.05) is 5.02 Å². The predicted molar refractivity (Wildman–Crippen MR) is 51.5 cm³/mol. The highest BCUT2D eigenvalue weighted by molar-refractivity contribution is 6.51.